The number of hydrogen-bond acceptors (Lipinski definition) is 2. The quantitative estimate of drug-likeness (QED) is 0.872. The SMILES string of the molecule is CCCNC(=O)C1CCC(C(=O)Nc2cccc(C)c2C)CC1. The number of aryl methyl sites for hydroxylation is 1. The Kier molecular flexibility index (Phi) is 6.20. The molecule has 0 radical (unpaired) electrons. The van der Waals surface area contributed by atoms with E-state index in [2.05, 4.69) is 17.6 Å². The molecule has 1 aromatic rings. The molecule has 126 valence electrons. The lowest BCUT2D eigenvalue weighted by Crippen LogP contribution is -2.35. The molecule has 1 aliphatic rings. The van der Waals surface area contributed by atoms with Crippen LogP contribution >= 0.6 is 0 Å². The second-order valence-corrected chi connectivity index (χ2v) is 6.58. The fraction of sp³-hybridized carbons (Fsp3) is 0.579. The van der Waals surface area contributed by atoms with Gasteiger partial charge in [-0.05, 0) is 63.1 Å². The lowest BCUT2D eigenvalue weighted by Gasteiger charge is -2.27. The summed E-state index contributed by atoms with van der Waals surface area (Å²) in [5, 5.41) is 6.02. The predicted octanol–water partition coefficient (Wildman–Crippen LogP) is 3.57. The zero-order valence-corrected chi connectivity index (χ0v) is 14.4. The molecule has 0 saturated heterocycles. The molecule has 1 aromatic carbocycles. The maximum atomic E-state index is 12.5. The van der Waals surface area contributed by atoms with Crippen molar-refractivity contribution in [2.75, 3.05) is 11.9 Å². The van der Waals surface area contributed by atoms with Crippen LogP contribution in [0, 0.1) is 25.7 Å². The largest absolute Gasteiger partial charge is 0.356 e. The summed E-state index contributed by atoms with van der Waals surface area (Å²) < 4.78 is 0. The Bertz CT molecular complexity index is 560. The van der Waals surface area contributed by atoms with E-state index in [1.807, 2.05) is 32.0 Å². The highest BCUT2D eigenvalue weighted by Gasteiger charge is 2.29. The number of hydrogen-bond donors (Lipinski definition) is 2. The van der Waals surface area contributed by atoms with E-state index in [0.717, 1.165) is 49.9 Å². The molecule has 0 aliphatic heterocycles. The minimum atomic E-state index is 0.0186. The number of benzene rings is 1. The zero-order valence-electron chi connectivity index (χ0n) is 14.4. The minimum absolute atomic E-state index is 0.0186. The Morgan fingerprint density at radius 3 is 2.26 bits per heavy atom. The second-order valence-electron chi connectivity index (χ2n) is 6.58. The third-order valence-electron chi connectivity index (χ3n) is 4.88. The Labute approximate surface area is 139 Å². The van der Waals surface area contributed by atoms with Gasteiger partial charge in [0.25, 0.3) is 0 Å². The standard InChI is InChI=1S/C19H28N2O2/c1-4-12-20-18(22)15-8-10-16(11-9-15)19(23)21-17-7-5-6-13(2)14(17)3/h5-7,15-16H,4,8-12H2,1-3H3,(H,20,22)(H,21,23). The van der Waals surface area contributed by atoms with Crippen LogP contribution in [0.4, 0.5) is 5.69 Å². The van der Waals surface area contributed by atoms with Crippen molar-refractivity contribution in [2.45, 2.75) is 52.9 Å². The number of carbonyl (C=O) groups excluding carboxylic acids is 2. The molecular formula is C19H28N2O2. The van der Waals surface area contributed by atoms with Crippen LogP contribution in [0.5, 0.6) is 0 Å². The van der Waals surface area contributed by atoms with Gasteiger partial charge in [0, 0.05) is 24.1 Å². The summed E-state index contributed by atoms with van der Waals surface area (Å²) >= 11 is 0. The van der Waals surface area contributed by atoms with Crippen molar-refractivity contribution < 1.29 is 9.59 Å². The maximum Gasteiger partial charge on any atom is 0.227 e. The van der Waals surface area contributed by atoms with Crippen LogP contribution in [0.2, 0.25) is 0 Å². The van der Waals surface area contributed by atoms with E-state index in [4.69, 9.17) is 0 Å². The number of amides is 2. The average Bonchev–Trinajstić information content (AvgIpc) is 2.57. The van der Waals surface area contributed by atoms with Gasteiger partial charge >= 0.3 is 0 Å². The molecule has 23 heavy (non-hydrogen) atoms. The summed E-state index contributed by atoms with van der Waals surface area (Å²) in [6, 6.07) is 5.96. The van der Waals surface area contributed by atoms with Crippen molar-refractivity contribution in [2.24, 2.45) is 11.8 Å². The van der Waals surface area contributed by atoms with Crippen molar-refractivity contribution in [3.05, 3.63) is 29.3 Å². The van der Waals surface area contributed by atoms with Gasteiger partial charge in [0.2, 0.25) is 11.8 Å². The van der Waals surface area contributed by atoms with E-state index in [0.29, 0.717) is 0 Å². The lowest BCUT2D eigenvalue weighted by molar-refractivity contribution is -0.128. The van der Waals surface area contributed by atoms with E-state index in [9.17, 15) is 9.59 Å². The van der Waals surface area contributed by atoms with Crippen LogP contribution in [0.3, 0.4) is 0 Å². The van der Waals surface area contributed by atoms with Crippen LogP contribution < -0.4 is 10.6 Å². The predicted molar refractivity (Wildman–Crippen MR) is 93.3 cm³/mol. The smallest absolute Gasteiger partial charge is 0.227 e. The topological polar surface area (TPSA) is 58.2 Å². The van der Waals surface area contributed by atoms with Crippen molar-refractivity contribution in [3.63, 3.8) is 0 Å². The van der Waals surface area contributed by atoms with Crippen LogP contribution in [0.1, 0.15) is 50.2 Å². The molecule has 4 heteroatoms. The molecule has 1 fully saturated rings. The molecule has 0 heterocycles. The lowest BCUT2D eigenvalue weighted by atomic mass is 9.81. The minimum Gasteiger partial charge on any atom is -0.356 e. The van der Waals surface area contributed by atoms with Gasteiger partial charge in [-0.15, -0.1) is 0 Å². The van der Waals surface area contributed by atoms with Gasteiger partial charge in [0.1, 0.15) is 0 Å². The number of rotatable bonds is 5. The van der Waals surface area contributed by atoms with Crippen LogP contribution in [-0.2, 0) is 9.59 Å². The van der Waals surface area contributed by atoms with Crippen molar-refractivity contribution in [1.82, 2.24) is 5.32 Å². The molecular weight excluding hydrogens is 288 g/mol. The number of carbonyl (C=O) groups is 2. The molecule has 2 N–H and O–H groups in total. The molecule has 0 unspecified atom stereocenters. The monoisotopic (exact) mass is 316 g/mol. The van der Waals surface area contributed by atoms with E-state index in [-0.39, 0.29) is 23.7 Å². The second kappa shape index (κ2) is 8.14. The highest BCUT2D eigenvalue weighted by atomic mass is 16.2. The molecule has 0 atom stereocenters. The normalized spacial score (nSPS) is 20.8. The third-order valence-corrected chi connectivity index (χ3v) is 4.88. The Balaban J connectivity index is 1.86. The molecule has 0 spiro atoms. The molecule has 1 aliphatic carbocycles. The summed E-state index contributed by atoms with van der Waals surface area (Å²) in [6.07, 6.45) is 4.15. The summed E-state index contributed by atoms with van der Waals surface area (Å²) in [7, 11) is 0. The number of anilines is 1. The van der Waals surface area contributed by atoms with Gasteiger partial charge in [-0.3, -0.25) is 9.59 Å². The van der Waals surface area contributed by atoms with E-state index in [1.54, 1.807) is 0 Å². The summed E-state index contributed by atoms with van der Waals surface area (Å²) in [4.78, 5) is 24.5. The van der Waals surface area contributed by atoms with Crippen LogP contribution in [0.15, 0.2) is 18.2 Å². The number of nitrogens with one attached hydrogen (secondary N) is 2. The van der Waals surface area contributed by atoms with E-state index in [1.165, 1.54) is 5.56 Å². The molecule has 2 rings (SSSR count). The molecule has 0 bridgehead atoms. The van der Waals surface area contributed by atoms with Crippen LogP contribution in [-0.4, -0.2) is 18.4 Å². The summed E-state index contributed by atoms with van der Waals surface area (Å²) in [5.74, 6) is 0.336. The van der Waals surface area contributed by atoms with E-state index >= 15 is 0 Å². The molecule has 1 saturated carbocycles. The molecule has 2 amide bonds. The average molecular weight is 316 g/mol. The highest BCUT2D eigenvalue weighted by Crippen LogP contribution is 2.30. The van der Waals surface area contributed by atoms with Crippen molar-refractivity contribution >= 4 is 17.5 Å². The van der Waals surface area contributed by atoms with Gasteiger partial charge in [-0.2, -0.15) is 0 Å². The molecule has 0 aromatic heterocycles. The van der Waals surface area contributed by atoms with Gasteiger partial charge in [-0.25, -0.2) is 0 Å². The summed E-state index contributed by atoms with van der Waals surface area (Å²) in [6.45, 7) is 6.87. The van der Waals surface area contributed by atoms with Gasteiger partial charge in [0.15, 0.2) is 0 Å². The van der Waals surface area contributed by atoms with Crippen molar-refractivity contribution in [3.8, 4) is 0 Å². The van der Waals surface area contributed by atoms with E-state index < -0.39 is 0 Å². The van der Waals surface area contributed by atoms with Crippen LogP contribution in [0.25, 0.3) is 0 Å². The highest BCUT2D eigenvalue weighted by molar-refractivity contribution is 5.93. The fourth-order valence-corrected chi connectivity index (χ4v) is 3.13. The maximum absolute atomic E-state index is 12.5. The van der Waals surface area contributed by atoms with Gasteiger partial charge in [0.05, 0.1) is 0 Å². The first-order valence-corrected chi connectivity index (χ1v) is 8.67. The fourth-order valence-electron chi connectivity index (χ4n) is 3.13. The first kappa shape index (κ1) is 17.5. The first-order chi connectivity index (χ1) is 11.0. The Morgan fingerprint density at radius 2 is 1.65 bits per heavy atom. The van der Waals surface area contributed by atoms with Gasteiger partial charge in [-0.1, -0.05) is 19.1 Å². The zero-order chi connectivity index (χ0) is 16.8. The third kappa shape index (κ3) is 4.57. The Hall–Kier alpha value is -1.84. The van der Waals surface area contributed by atoms with Crippen molar-refractivity contribution in [1.29, 1.82) is 0 Å². The first-order valence-electron chi connectivity index (χ1n) is 8.67. The summed E-state index contributed by atoms with van der Waals surface area (Å²) in [5.41, 5.74) is 3.20. The van der Waals surface area contributed by atoms with Gasteiger partial charge < -0.3 is 10.6 Å². The molecule has 4 nitrogen and oxygen atoms in total. The Morgan fingerprint density at radius 1 is 1.04 bits per heavy atom.